The van der Waals surface area contributed by atoms with Crippen molar-refractivity contribution in [1.82, 2.24) is 4.90 Å². The van der Waals surface area contributed by atoms with Crippen molar-refractivity contribution in [3.8, 4) is 11.5 Å². The first-order valence-corrected chi connectivity index (χ1v) is 7.43. The van der Waals surface area contributed by atoms with Gasteiger partial charge in [-0.25, -0.2) is 0 Å². The highest BCUT2D eigenvalue weighted by Crippen LogP contribution is 2.44. The van der Waals surface area contributed by atoms with Crippen molar-refractivity contribution in [2.75, 3.05) is 7.11 Å². The number of hydrogen-bond acceptors (Lipinski definition) is 4. The van der Waals surface area contributed by atoms with E-state index in [1.54, 1.807) is 12.1 Å². The van der Waals surface area contributed by atoms with Crippen LogP contribution in [0, 0.1) is 5.92 Å². The van der Waals surface area contributed by atoms with Crippen LogP contribution in [0.5, 0.6) is 11.5 Å². The number of methoxy groups -OCH3 is 1. The second-order valence-corrected chi connectivity index (χ2v) is 6.20. The molecule has 2 aliphatic rings. The molecule has 1 aromatic carbocycles. The molecule has 2 aliphatic heterocycles. The van der Waals surface area contributed by atoms with E-state index in [2.05, 4.69) is 4.90 Å². The van der Waals surface area contributed by atoms with E-state index in [4.69, 9.17) is 16.3 Å². The summed E-state index contributed by atoms with van der Waals surface area (Å²) >= 11 is 6.05. The third-order valence-corrected chi connectivity index (χ3v) is 4.91. The Bertz CT molecular complexity index is 577. The zero-order chi connectivity index (χ0) is 15.1. The van der Waals surface area contributed by atoms with E-state index in [-0.39, 0.29) is 23.8 Å². The number of hydrogen-bond donors (Lipinski definition) is 2. The van der Waals surface area contributed by atoms with Crippen LogP contribution in [0.1, 0.15) is 24.8 Å². The summed E-state index contributed by atoms with van der Waals surface area (Å²) in [5.74, 6) is -0.592. The van der Waals surface area contributed by atoms with Crippen LogP contribution in [0.2, 0.25) is 5.02 Å². The molecule has 0 radical (unpaired) electrons. The van der Waals surface area contributed by atoms with Crippen LogP contribution < -0.4 is 4.74 Å². The van der Waals surface area contributed by atoms with Gasteiger partial charge in [-0.3, -0.25) is 9.69 Å². The fourth-order valence-corrected chi connectivity index (χ4v) is 3.95. The van der Waals surface area contributed by atoms with Gasteiger partial charge in [-0.05, 0) is 25.3 Å². The van der Waals surface area contributed by atoms with E-state index >= 15 is 0 Å². The summed E-state index contributed by atoms with van der Waals surface area (Å²) in [6.45, 7) is 0.502. The van der Waals surface area contributed by atoms with Gasteiger partial charge in [0.15, 0.2) is 11.5 Å². The van der Waals surface area contributed by atoms with Crippen molar-refractivity contribution < 1.29 is 19.7 Å². The van der Waals surface area contributed by atoms with Gasteiger partial charge in [0.2, 0.25) is 0 Å². The van der Waals surface area contributed by atoms with Crippen LogP contribution in [0.15, 0.2) is 12.1 Å². The molecule has 0 spiro atoms. The Hall–Kier alpha value is -1.46. The Morgan fingerprint density at radius 2 is 2.24 bits per heavy atom. The lowest BCUT2D eigenvalue weighted by Crippen LogP contribution is -2.32. The molecule has 2 saturated heterocycles. The van der Waals surface area contributed by atoms with Crippen molar-refractivity contribution in [2.24, 2.45) is 5.92 Å². The molecule has 2 N–H and O–H groups in total. The maximum absolute atomic E-state index is 11.3. The Morgan fingerprint density at radius 3 is 2.86 bits per heavy atom. The van der Waals surface area contributed by atoms with E-state index in [1.165, 1.54) is 7.11 Å². The average Bonchev–Trinajstić information content (AvgIpc) is 2.99. The van der Waals surface area contributed by atoms with Gasteiger partial charge in [0, 0.05) is 35.3 Å². The number of nitrogens with zero attached hydrogens (tertiary/aromatic N) is 1. The minimum atomic E-state index is -0.722. The molecule has 2 fully saturated rings. The summed E-state index contributed by atoms with van der Waals surface area (Å²) in [6.07, 6.45) is 2.62. The highest BCUT2D eigenvalue weighted by atomic mass is 35.5. The topological polar surface area (TPSA) is 70.0 Å². The minimum absolute atomic E-state index is 0.0527. The third kappa shape index (κ3) is 2.45. The van der Waals surface area contributed by atoms with E-state index in [1.807, 2.05) is 0 Å². The van der Waals surface area contributed by atoms with Gasteiger partial charge in [-0.1, -0.05) is 11.6 Å². The highest BCUT2D eigenvalue weighted by Gasteiger charge is 2.49. The van der Waals surface area contributed by atoms with Gasteiger partial charge in [0.05, 0.1) is 13.0 Å². The van der Waals surface area contributed by atoms with E-state index < -0.39 is 5.97 Å². The van der Waals surface area contributed by atoms with Crippen LogP contribution in [-0.4, -0.2) is 40.3 Å². The predicted molar refractivity (Wildman–Crippen MR) is 77.8 cm³/mol. The van der Waals surface area contributed by atoms with Crippen LogP contribution >= 0.6 is 11.6 Å². The lowest BCUT2D eigenvalue weighted by Gasteiger charge is -2.23. The Balaban J connectivity index is 1.85. The quantitative estimate of drug-likeness (QED) is 0.894. The number of halogens is 1. The number of rotatable bonds is 4. The molecule has 2 heterocycles. The molecular weight excluding hydrogens is 294 g/mol. The Kier molecular flexibility index (Phi) is 3.71. The van der Waals surface area contributed by atoms with Crippen molar-refractivity contribution in [3.63, 3.8) is 0 Å². The second-order valence-electron chi connectivity index (χ2n) is 5.77. The number of aliphatic carboxylic acids is 1. The summed E-state index contributed by atoms with van der Waals surface area (Å²) in [5.41, 5.74) is 0.683. The summed E-state index contributed by atoms with van der Waals surface area (Å²) in [5, 5.41) is 20.0. The lowest BCUT2D eigenvalue weighted by atomic mass is 9.89. The number of carbonyl (C=O) groups is 1. The molecule has 21 heavy (non-hydrogen) atoms. The largest absolute Gasteiger partial charge is 0.504 e. The minimum Gasteiger partial charge on any atom is -0.504 e. The van der Waals surface area contributed by atoms with E-state index in [0.29, 0.717) is 29.3 Å². The zero-order valence-corrected chi connectivity index (χ0v) is 12.5. The van der Waals surface area contributed by atoms with Gasteiger partial charge < -0.3 is 14.9 Å². The number of ether oxygens (including phenoxy) is 1. The molecule has 0 amide bonds. The molecule has 3 atom stereocenters. The average molecular weight is 312 g/mol. The van der Waals surface area contributed by atoms with Crippen molar-refractivity contribution in [3.05, 3.63) is 22.7 Å². The van der Waals surface area contributed by atoms with E-state index in [9.17, 15) is 15.0 Å². The number of phenols is 1. The van der Waals surface area contributed by atoms with Gasteiger partial charge in [0.25, 0.3) is 0 Å². The summed E-state index contributed by atoms with van der Waals surface area (Å²) in [7, 11) is 1.48. The number of fused-ring (bicyclic) bond motifs is 2. The molecule has 5 nitrogen and oxygen atoms in total. The standard InChI is InChI=1S/C15H18ClNO4/c1-21-13-5-9(16)4-8(14(13)18)7-17-10-2-3-12(17)11(6-10)15(19)20/h4-5,10-12,18H,2-3,6-7H2,1H3,(H,19,20). The maximum Gasteiger partial charge on any atom is 0.308 e. The molecule has 114 valence electrons. The number of phenolic OH excluding ortho intramolecular Hbond substituents is 1. The Morgan fingerprint density at radius 1 is 1.48 bits per heavy atom. The van der Waals surface area contributed by atoms with Crippen molar-refractivity contribution in [2.45, 2.75) is 37.9 Å². The van der Waals surface area contributed by atoms with Crippen molar-refractivity contribution >= 4 is 17.6 Å². The molecule has 3 rings (SSSR count). The third-order valence-electron chi connectivity index (χ3n) is 4.69. The first kappa shape index (κ1) is 14.5. The molecule has 6 heteroatoms. The molecule has 0 saturated carbocycles. The summed E-state index contributed by atoms with van der Waals surface area (Å²) in [4.78, 5) is 13.5. The highest BCUT2D eigenvalue weighted by molar-refractivity contribution is 6.30. The van der Waals surface area contributed by atoms with Gasteiger partial charge in [-0.15, -0.1) is 0 Å². The lowest BCUT2D eigenvalue weighted by molar-refractivity contribution is -0.142. The van der Waals surface area contributed by atoms with E-state index in [0.717, 1.165) is 12.8 Å². The zero-order valence-electron chi connectivity index (χ0n) is 11.8. The SMILES string of the molecule is COc1cc(Cl)cc(CN2C3CCC2C(C(=O)O)C3)c1O. The maximum atomic E-state index is 11.3. The number of carboxylic acids is 1. The van der Waals surface area contributed by atoms with Crippen LogP contribution in [0.4, 0.5) is 0 Å². The number of carboxylic acid groups (broad SMARTS) is 1. The summed E-state index contributed by atoms with van der Waals surface area (Å²) < 4.78 is 5.11. The van der Waals surface area contributed by atoms with Gasteiger partial charge >= 0.3 is 5.97 Å². The monoisotopic (exact) mass is 311 g/mol. The first-order valence-electron chi connectivity index (χ1n) is 7.05. The molecule has 0 aliphatic carbocycles. The Labute approximate surface area is 128 Å². The number of benzene rings is 1. The van der Waals surface area contributed by atoms with Gasteiger partial charge in [0.1, 0.15) is 0 Å². The second kappa shape index (κ2) is 5.39. The molecule has 1 aromatic rings. The molecule has 2 bridgehead atoms. The van der Waals surface area contributed by atoms with Crippen LogP contribution in [0.25, 0.3) is 0 Å². The van der Waals surface area contributed by atoms with Crippen LogP contribution in [-0.2, 0) is 11.3 Å². The summed E-state index contributed by atoms with van der Waals surface area (Å²) in [6, 6.07) is 3.61. The van der Waals surface area contributed by atoms with Crippen molar-refractivity contribution in [1.29, 1.82) is 0 Å². The fraction of sp³-hybridized carbons (Fsp3) is 0.533. The normalized spacial score (nSPS) is 28.0. The van der Waals surface area contributed by atoms with Crippen LogP contribution in [0.3, 0.4) is 0 Å². The first-order chi connectivity index (χ1) is 10.0. The number of aromatic hydroxyl groups is 1. The molecule has 0 aromatic heterocycles. The molecular formula is C15H18ClNO4. The fourth-order valence-electron chi connectivity index (χ4n) is 3.71. The smallest absolute Gasteiger partial charge is 0.308 e. The van der Waals surface area contributed by atoms with Gasteiger partial charge in [-0.2, -0.15) is 0 Å². The predicted octanol–water partition coefficient (Wildman–Crippen LogP) is 2.49. The molecule has 3 unspecified atom stereocenters.